The Morgan fingerprint density at radius 2 is 1.62 bits per heavy atom. The lowest BCUT2D eigenvalue weighted by Gasteiger charge is -2.36. The zero-order valence-electron chi connectivity index (χ0n) is 30.5. The Labute approximate surface area is 307 Å². The molecule has 0 saturated carbocycles. The van der Waals surface area contributed by atoms with E-state index in [4.69, 9.17) is 19.2 Å². The third-order valence-corrected chi connectivity index (χ3v) is 9.97. The average molecular weight is 738 g/mol. The number of hydrogen-bond acceptors (Lipinski definition) is 9. The summed E-state index contributed by atoms with van der Waals surface area (Å²) in [4.78, 5) is 36.3. The minimum Gasteiger partial charge on any atom is -0.491 e. The summed E-state index contributed by atoms with van der Waals surface area (Å²) in [6.45, 7) is 14.9. The fourth-order valence-corrected chi connectivity index (χ4v) is 7.02. The molecule has 2 heterocycles. The van der Waals surface area contributed by atoms with Gasteiger partial charge in [-0.1, -0.05) is 12.1 Å². The van der Waals surface area contributed by atoms with E-state index in [1.807, 2.05) is 32.9 Å². The van der Waals surface area contributed by atoms with Gasteiger partial charge in [-0.15, -0.1) is 11.3 Å². The van der Waals surface area contributed by atoms with Crippen molar-refractivity contribution in [3.63, 3.8) is 0 Å². The van der Waals surface area contributed by atoms with Crippen LogP contribution in [0.2, 0.25) is 0 Å². The Kier molecular flexibility index (Phi) is 12.3. The first-order valence-electron chi connectivity index (χ1n) is 17.5. The molecule has 0 amide bonds. The van der Waals surface area contributed by atoms with Gasteiger partial charge in [0.1, 0.15) is 16.5 Å². The molecule has 0 atom stereocenters. The monoisotopic (exact) mass is 737 g/mol. The minimum absolute atomic E-state index is 0.0619. The fourth-order valence-electron chi connectivity index (χ4n) is 5.94. The van der Waals surface area contributed by atoms with Gasteiger partial charge in [-0.2, -0.15) is 13.2 Å². The van der Waals surface area contributed by atoms with Crippen molar-refractivity contribution in [1.82, 2.24) is 9.88 Å². The fraction of sp³-hybridized carbons (Fsp3) is 0.425. The number of carbonyl (C=O) groups excluding carboxylic acids is 2. The van der Waals surface area contributed by atoms with Crippen molar-refractivity contribution in [3.8, 4) is 22.1 Å². The first-order chi connectivity index (χ1) is 24.6. The predicted octanol–water partition coefficient (Wildman–Crippen LogP) is 8.78. The second kappa shape index (κ2) is 16.5. The molecule has 0 N–H and O–H groups in total. The number of benzene rings is 3. The third kappa shape index (κ3) is 9.92. The summed E-state index contributed by atoms with van der Waals surface area (Å²) in [7, 11) is 0. The quantitative estimate of drug-likeness (QED) is 0.0939. The number of halogens is 3. The Hall–Kier alpha value is -4.42. The maximum Gasteiger partial charge on any atom is 0.416 e. The SMILES string of the molecule is CCOC(=O)C(C)(C)Oc1ccc(C(=O)CCc2sc(-c3ccc(C(F)(F)F)cc3)nc2CN2CCN(c3ccc(OC(C)C)cc3)CC2)cc1C. The number of carbonyl (C=O) groups is 2. The molecule has 1 aromatic heterocycles. The molecule has 12 heteroatoms. The summed E-state index contributed by atoms with van der Waals surface area (Å²) in [5.41, 5.74) is 1.89. The standard InChI is InChI=1S/C40H46F3N3O5S/c1-7-49-38(48)39(5,6)51-35-18-10-29(24-27(35)4)34(47)17-19-36-33(44-37(52-36)28-8-11-30(12-9-28)40(41,42)43)25-45-20-22-46(23-21-45)31-13-15-32(16-14-31)50-26(2)3/h8-16,18,24,26H,7,17,19-23,25H2,1-6H3. The number of ketones is 1. The minimum atomic E-state index is -4.43. The number of thiazole rings is 1. The maximum absolute atomic E-state index is 13.5. The molecule has 1 aliphatic heterocycles. The number of aryl methyl sites for hydroxylation is 2. The summed E-state index contributed by atoms with van der Waals surface area (Å²) in [5.74, 6) is 0.785. The van der Waals surface area contributed by atoms with Crippen LogP contribution in [0, 0.1) is 6.92 Å². The van der Waals surface area contributed by atoms with Gasteiger partial charge in [0.2, 0.25) is 0 Å². The van der Waals surface area contributed by atoms with Gasteiger partial charge in [0.15, 0.2) is 11.4 Å². The molecule has 5 rings (SSSR count). The summed E-state index contributed by atoms with van der Waals surface area (Å²) < 4.78 is 56.6. The van der Waals surface area contributed by atoms with Crippen LogP contribution in [0.3, 0.4) is 0 Å². The lowest BCUT2D eigenvalue weighted by atomic mass is 10.0. The van der Waals surface area contributed by atoms with Crippen molar-refractivity contribution in [2.24, 2.45) is 0 Å². The number of aromatic nitrogens is 1. The van der Waals surface area contributed by atoms with Crippen LogP contribution in [-0.4, -0.2) is 66.1 Å². The van der Waals surface area contributed by atoms with Crippen LogP contribution in [0.5, 0.6) is 11.5 Å². The number of ether oxygens (including phenoxy) is 3. The Balaban J connectivity index is 1.28. The van der Waals surface area contributed by atoms with Gasteiger partial charge in [-0.25, -0.2) is 9.78 Å². The van der Waals surface area contributed by atoms with Gasteiger partial charge in [-0.3, -0.25) is 9.69 Å². The smallest absolute Gasteiger partial charge is 0.416 e. The highest BCUT2D eigenvalue weighted by Crippen LogP contribution is 2.34. The van der Waals surface area contributed by atoms with Crippen molar-refractivity contribution in [1.29, 1.82) is 0 Å². The number of rotatable bonds is 14. The van der Waals surface area contributed by atoms with Crippen LogP contribution < -0.4 is 14.4 Å². The Morgan fingerprint density at radius 1 is 0.942 bits per heavy atom. The molecule has 52 heavy (non-hydrogen) atoms. The number of anilines is 1. The van der Waals surface area contributed by atoms with E-state index in [0.717, 1.165) is 60.3 Å². The Morgan fingerprint density at radius 3 is 2.21 bits per heavy atom. The lowest BCUT2D eigenvalue weighted by molar-refractivity contribution is -0.158. The number of alkyl halides is 3. The summed E-state index contributed by atoms with van der Waals surface area (Å²) in [6.07, 6.45) is -3.66. The van der Waals surface area contributed by atoms with E-state index in [1.54, 1.807) is 39.0 Å². The van der Waals surface area contributed by atoms with Crippen molar-refractivity contribution in [3.05, 3.63) is 94.0 Å². The predicted molar refractivity (Wildman–Crippen MR) is 197 cm³/mol. The second-order valence-electron chi connectivity index (χ2n) is 13.6. The summed E-state index contributed by atoms with van der Waals surface area (Å²) in [6, 6.07) is 18.3. The van der Waals surface area contributed by atoms with Crippen molar-refractivity contribution >= 4 is 28.8 Å². The molecular formula is C40H46F3N3O5S. The lowest BCUT2D eigenvalue weighted by Crippen LogP contribution is -2.46. The summed E-state index contributed by atoms with van der Waals surface area (Å²) in [5, 5.41) is 0.620. The van der Waals surface area contributed by atoms with E-state index >= 15 is 0 Å². The van der Waals surface area contributed by atoms with Crippen LogP contribution in [0.1, 0.15) is 73.1 Å². The first kappa shape index (κ1) is 38.8. The molecule has 0 unspecified atom stereocenters. The summed E-state index contributed by atoms with van der Waals surface area (Å²) >= 11 is 1.42. The van der Waals surface area contributed by atoms with Crippen molar-refractivity contribution < 1.29 is 37.0 Å². The molecule has 1 fully saturated rings. The molecular weight excluding hydrogens is 692 g/mol. The number of hydrogen-bond donors (Lipinski definition) is 0. The highest BCUT2D eigenvalue weighted by molar-refractivity contribution is 7.15. The zero-order valence-corrected chi connectivity index (χ0v) is 31.3. The topological polar surface area (TPSA) is 81.2 Å². The third-order valence-electron chi connectivity index (χ3n) is 8.76. The molecule has 278 valence electrons. The second-order valence-corrected chi connectivity index (χ2v) is 14.7. The van der Waals surface area contributed by atoms with E-state index in [1.165, 1.54) is 23.5 Å². The van der Waals surface area contributed by atoms with E-state index in [-0.39, 0.29) is 24.9 Å². The molecule has 1 aliphatic rings. The van der Waals surface area contributed by atoms with Gasteiger partial charge in [0.25, 0.3) is 0 Å². The number of piperazine rings is 1. The van der Waals surface area contributed by atoms with Gasteiger partial charge >= 0.3 is 12.1 Å². The van der Waals surface area contributed by atoms with E-state index in [9.17, 15) is 22.8 Å². The van der Waals surface area contributed by atoms with Gasteiger partial charge in [0, 0.05) is 60.8 Å². The van der Waals surface area contributed by atoms with Gasteiger partial charge < -0.3 is 19.1 Å². The van der Waals surface area contributed by atoms with Crippen molar-refractivity contribution in [2.75, 3.05) is 37.7 Å². The van der Waals surface area contributed by atoms with Crippen LogP contribution >= 0.6 is 11.3 Å². The van der Waals surface area contributed by atoms with Gasteiger partial charge in [0.05, 0.1) is 24.0 Å². The van der Waals surface area contributed by atoms with Crippen LogP contribution in [0.25, 0.3) is 10.6 Å². The zero-order chi connectivity index (χ0) is 37.6. The number of nitrogens with zero attached hydrogens (tertiary/aromatic N) is 3. The normalized spacial score (nSPS) is 14.1. The molecule has 0 radical (unpaired) electrons. The van der Waals surface area contributed by atoms with Crippen LogP contribution in [0.15, 0.2) is 66.7 Å². The van der Waals surface area contributed by atoms with Crippen molar-refractivity contribution in [2.45, 2.75) is 78.8 Å². The highest BCUT2D eigenvalue weighted by Gasteiger charge is 2.32. The molecule has 1 saturated heterocycles. The first-order valence-corrected chi connectivity index (χ1v) is 18.3. The van der Waals surface area contributed by atoms with E-state index in [0.29, 0.717) is 40.4 Å². The van der Waals surface area contributed by atoms with E-state index in [2.05, 4.69) is 21.9 Å². The Bertz CT molecular complexity index is 1830. The largest absolute Gasteiger partial charge is 0.491 e. The maximum atomic E-state index is 13.5. The van der Waals surface area contributed by atoms with E-state index < -0.39 is 23.3 Å². The van der Waals surface area contributed by atoms with Gasteiger partial charge in [-0.05, 0) is 108 Å². The molecule has 3 aromatic carbocycles. The molecule has 0 bridgehead atoms. The molecule has 8 nitrogen and oxygen atoms in total. The number of esters is 1. The van der Waals surface area contributed by atoms with Crippen LogP contribution in [-0.2, 0) is 28.7 Å². The molecule has 0 aliphatic carbocycles. The van der Waals surface area contributed by atoms with Crippen LogP contribution in [0.4, 0.5) is 18.9 Å². The molecule has 0 spiro atoms. The average Bonchev–Trinajstić information content (AvgIpc) is 3.50. The highest BCUT2D eigenvalue weighted by atomic mass is 32.1. The molecule has 4 aromatic rings. The number of Topliss-reactive ketones (excluding diaryl/α,β-unsaturated/α-hetero) is 1.